The number of furan rings is 1. The van der Waals surface area contributed by atoms with Crippen LogP contribution in [0, 0.1) is 0 Å². The topological polar surface area (TPSA) is 16.4 Å². The van der Waals surface area contributed by atoms with Crippen LogP contribution >= 0.6 is 0 Å². The predicted molar refractivity (Wildman–Crippen MR) is 198 cm³/mol. The fourth-order valence-electron chi connectivity index (χ4n) is 8.14. The van der Waals surface area contributed by atoms with E-state index in [1.165, 1.54) is 54.6 Å². The largest absolute Gasteiger partial charge is 0.456 e. The zero-order valence-corrected chi connectivity index (χ0v) is 26.3. The van der Waals surface area contributed by atoms with Gasteiger partial charge < -0.3 is 9.32 Å². The molecule has 0 amide bonds. The third-order valence-electron chi connectivity index (χ3n) is 10.4. The van der Waals surface area contributed by atoms with Crippen molar-refractivity contribution in [3.63, 3.8) is 0 Å². The van der Waals surface area contributed by atoms with E-state index in [4.69, 9.17) is 4.42 Å². The van der Waals surface area contributed by atoms with E-state index in [-0.39, 0.29) is 5.41 Å². The van der Waals surface area contributed by atoms with E-state index in [9.17, 15) is 0 Å². The Hall–Kier alpha value is -5.86. The molecule has 1 aliphatic carbocycles. The first-order chi connectivity index (χ1) is 23.1. The summed E-state index contributed by atoms with van der Waals surface area (Å²) in [6.45, 7) is 4.70. The lowest BCUT2D eigenvalue weighted by molar-refractivity contribution is 0.660. The van der Waals surface area contributed by atoms with Gasteiger partial charge in [0.05, 0.1) is 5.69 Å². The molecule has 8 aromatic carbocycles. The standard InChI is InChI=1S/C45H31NO/c1-45(2)40-17-9-7-14-34(40)35-23-20-29(25-41(35)45)46(30-21-24-38-37-16-8-10-18-43(37)47-44(38)26-30)42-27-39-31-12-4-3-11-28(31)19-22-33(39)32-13-5-6-15-36(32)42/h3-27H,1-2H3. The highest BCUT2D eigenvalue weighted by Gasteiger charge is 2.36. The molecule has 0 spiro atoms. The summed E-state index contributed by atoms with van der Waals surface area (Å²) in [5, 5.41) is 9.74. The first-order valence-corrected chi connectivity index (χ1v) is 16.4. The highest BCUT2D eigenvalue weighted by Crippen LogP contribution is 2.51. The summed E-state index contributed by atoms with van der Waals surface area (Å²) in [5.74, 6) is 0. The van der Waals surface area contributed by atoms with E-state index in [0.717, 1.165) is 39.0 Å². The molecule has 0 radical (unpaired) electrons. The van der Waals surface area contributed by atoms with E-state index >= 15 is 0 Å². The quantitative estimate of drug-likeness (QED) is 0.187. The number of para-hydroxylation sites is 1. The molecule has 0 bridgehead atoms. The van der Waals surface area contributed by atoms with E-state index in [0.29, 0.717) is 0 Å². The number of rotatable bonds is 3. The van der Waals surface area contributed by atoms with Crippen LogP contribution < -0.4 is 4.90 Å². The smallest absolute Gasteiger partial charge is 0.137 e. The minimum absolute atomic E-state index is 0.113. The van der Waals surface area contributed by atoms with Crippen LogP contribution in [0.4, 0.5) is 17.1 Å². The average Bonchev–Trinajstić information content (AvgIpc) is 3.60. The van der Waals surface area contributed by atoms with E-state index in [1.54, 1.807) is 0 Å². The van der Waals surface area contributed by atoms with Crippen LogP contribution in [-0.2, 0) is 5.41 Å². The monoisotopic (exact) mass is 601 g/mol. The molecular weight excluding hydrogens is 571 g/mol. The van der Waals surface area contributed by atoms with Gasteiger partial charge in [-0.2, -0.15) is 0 Å². The summed E-state index contributed by atoms with van der Waals surface area (Å²) in [5.41, 5.74) is 10.4. The van der Waals surface area contributed by atoms with Crippen molar-refractivity contribution < 1.29 is 4.42 Å². The fraction of sp³-hybridized carbons (Fsp3) is 0.0667. The van der Waals surface area contributed by atoms with Crippen LogP contribution in [0.1, 0.15) is 25.0 Å². The van der Waals surface area contributed by atoms with E-state index < -0.39 is 0 Å². The van der Waals surface area contributed by atoms with Crippen LogP contribution in [0.5, 0.6) is 0 Å². The Labute approximate surface area is 273 Å². The Bertz CT molecular complexity index is 2730. The van der Waals surface area contributed by atoms with Crippen molar-refractivity contribution in [2.45, 2.75) is 19.3 Å². The molecular formula is C45H31NO. The van der Waals surface area contributed by atoms with Gasteiger partial charge >= 0.3 is 0 Å². The third-order valence-corrected chi connectivity index (χ3v) is 10.4. The molecule has 0 aliphatic heterocycles. The van der Waals surface area contributed by atoms with Crippen molar-refractivity contribution in [1.82, 2.24) is 0 Å². The summed E-state index contributed by atoms with van der Waals surface area (Å²) in [7, 11) is 0. The van der Waals surface area contributed by atoms with Crippen molar-refractivity contribution >= 4 is 71.3 Å². The molecule has 0 fully saturated rings. The average molecular weight is 602 g/mol. The van der Waals surface area contributed by atoms with Gasteiger partial charge in [-0.1, -0.05) is 123 Å². The van der Waals surface area contributed by atoms with Gasteiger partial charge in [-0.05, 0) is 85.6 Å². The summed E-state index contributed by atoms with van der Waals surface area (Å²) in [6.07, 6.45) is 0. The molecule has 1 aromatic heterocycles. The summed E-state index contributed by atoms with van der Waals surface area (Å²) < 4.78 is 6.45. The number of hydrogen-bond donors (Lipinski definition) is 0. The van der Waals surface area contributed by atoms with Crippen molar-refractivity contribution in [3.8, 4) is 11.1 Å². The lowest BCUT2D eigenvalue weighted by Crippen LogP contribution is -2.16. The molecule has 9 aromatic rings. The van der Waals surface area contributed by atoms with Gasteiger partial charge in [0.25, 0.3) is 0 Å². The predicted octanol–water partition coefficient (Wildman–Crippen LogP) is 12.8. The Kier molecular flexibility index (Phi) is 5.37. The van der Waals surface area contributed by atoms with Crippen molar-refractivity contribution in [1.29, 1.82) is 0 Å². The second-order valence-corrected chi connectivity index (χ2v) is 13.3. The van der Waals surface area contributed by atoms with Crippen LogP contribution in [-0.4, -0.2) is 0 Å². The number of nitrogens with zero attached hydrogens (tertiary/aromatic N) is 1. The maximum Gasteiger partial charge on any atom is 0.137 e. The molecule has 0 N–H and O–H groups in total. The first kappa shape index (κ1) is 26.4. The Morgan fingerprint density at radius 2 is 1.04 bits per heavy atom. The van der Waals surface area contributed by atoms with Gasteiger partial charge in [-0.3, -0.25) is 0 Å². The highest BCUT2D eigenvalue weighted by atomic mass is 16.3. The minimum atomic E-state index is -0.113. The molecule has 0 unspecified atom stereocenters. The third kappa shape index (κ3) is 3.73. The van der Waals surface area contributed by atoms with Crippen LogP contribution in [0.15, 0.2) is 156 Å². The Morgan fingerprint density at radius 3 is 1.94 bits per heavy atom. The second kappa shape index (κ2) is 9.57. The number of benzene rings is 8. The summed E-state index contributed by atoms with van der Waals surface area (Å²) in [6, 6.07) is 55.3. The van der Waals surface area contributed by atoms with Crippen molar-refractivity contribution in [2.75, 3.05) is 4.90 Å². The lowest BCUT2D eigenvalue weighted by Gasteiger charge is -2.29. The molecule has 10 rings (SSSR count). The summed E-state index contributed by atoms with van der Waals surface area (Å²) in [4.78, 5) is 2.44. The van der Waals surface area contributed by atoms with Crippen LogP contribution in [0.2, 0.25) is 0 Å². The highest BCUT2D eigenvalue weighted by molar-refractivity contribution is 6.21. The first-order valence-electron chi connectivity index (χ1n) is 16.4. The Balaban J connectivity index is 1.29. The van der Waals surface area contributed by atoms with Gasteiger partial charge in [0.1, 0.15) is 11.2 Å². The molecule has 2 nitrogen and oxygen atoms in total. The number of hydrogen-bond acceptors (Lipinski definition) is 2. The molecule has 2 heteroatoms. The van der Waals surface area contributed by atoms with Gasteiger partial charge in [0.15, 0.2) is 0 Å². The molecule has 1 aliphatic rings. The number of fused-ring (bicyclic) bond motifs is 11. The SMILES string of the molecule is CC1(C)c2ccccc2-c2ccc(N(c3ccc4c(c3)oc3ccccc34)c3cc4c5ccccc5ccc4c4ccccc34)cc21. The zero-order valence-electron chi connectivity index (χ0n) is 26.3. The second-order valence-electron chi connectivity index (χ2n) is 13.3. The number of anilines is 3. The normalized spacial score (nSPS) is 13.5. The maximum atomic E-state index is 6.45. The van der Waals surface area contributed by atoms with Gasteiger partial charge in [0.2, 0.25) is 0 Å². The van der Waals surface area contributed by atoms with Crippen molar-refractivity contribution in [3.05, 3.63) is 163 Å². The fourth-order valence-corrected chi connectivity index (χ4v) is 8.14. The van der Waals surface area contributed by atoms with E-state index in [2.05, 4.69) is 164 Å². The maximum absolute atomic E-state index is 6.45. The van der Waals surface area contributed by atoms with E-state index in [1.807, 2.05) is 6.07 Å². The molecule has 0 saturated carbocycles. The molecule has 47 heavy (non-hydrogen) atoms. The zero-order chi connectivity index (χ0) is 31.3. The van der Waals surface area contributed by atoms with Gasteiger partial charge in [0, 0.05) is 39.0 Å². The van der Waals surface area contributed by atoms with Crippen molar-refractivity contribution in [2.24, 2.45) is 0 Å². The molecule has 222 valence electrons. The van der Waals surface area contributed by atoms with Gasteiger partial charge in [-0.15, -0.1) is 0 Å². The lowest BCUT2D eigenvalue weighted by atomic mass is 9.82. The molecule has 0 saturated heterocycles. The van der Waals surface area contributed by atoms with Gasteiger partial charge in [-0.25, -0.2) is 0 Å². The minimum Gasteiger partial charge on any atom is -0.456 e. The molecule has 1 heterocycles. The van der Waals surface area contributed by atoms with Crippen LogP contribution in [0.3, 0.4) is 0 Å². The summed E-state index contributed by atoms with van der Waals surface area (Å²) >= 11 is 0. The van der Waals surface area contributed by atoms with Crippen LogP contribution in [0.25, 0.3) is 65.4 Å². The molecule has 0 atom stereocenters. The Morgan fingerprint density at radius 1 is 0.426 bits per heavy atom.